The normalized spacial score (nSPS) is 17.4. The fraction of sp³-hybridized carbons (Fsp3) is 0.462. The van der Waals surface area contributed by atoms with Gasteiger partial charge in [-0.1, -0.05) is 42.1 Å². The number of rotatable bonds is 4. The van der Waals surface area contributed by atoms with E-state index in [2.05, 4.69) is 11.9 Å². The molecule has 0 aromatic heterocycles. The Morgan fingerprint density at radius 1 is 1.30 bits per heavy atom. The number of nitrogens with zero attached hydrogens (tertiary/aromatic N) is 3. The summed E-state index contributed by atoms with van der Waals surface area (Å²) in [6.07, 6.45) is 0. The number of hydrogen-bond donors (Lipinski definition) is 0. The molecular formula is C13H19N3O2S2. The third-order valence-corrected chi connectivity index (χ3v) is 6.19. The van der Waals surface area contributed by atoms with Gasteiger partial charge in [0.15, 0.2) is 5.17 Å². The van der Waals surface area contributed by atoms with Crippen molar-refractivity contribution in [1.82, 2.24) is 8.61 Å². The summed E-state index contributed by atoms with van der Waals surface area (Å²) >= 11 is 1.48. The van der Waals surface area contributed by atoms with Crippen LogP contribution in [0.3, 0.4) is 0 Å². The molecule has 0 aliphatic carbocycles. The van der Waals surface area contributed by atoms with Crippen molar-refractivity contribution in [2.75, 3.05) is 27.2 Å². The van der Waals surface area contributed by atoms with Crippen molar-refractivity contribution in [3.63, 3.8) is 0 Å². The van der Waals surface area contributed by atoms with Crippen molar-refractivity contribution in [3.05, 3.63) is 35.9 Å². The molecule has 1 aliphatic heterocycles. The first-order valence-electron chi connectivity index (χ1n) is 6.39. The van der Waals surface area contributed by atoms with Gasteiger partial charge in [0.1, 0.15) is 0 Å². The third kappa shape index (κ3) is 3.16. The average molecular weight is 313 g/mol. The van der Waals surface area contributed by atoms with Crippen LogP contribution in [0.2, 0.25) is 0 Å². The third-order valence-electron chi connectivity index (χ3n) is 3.05. The molecule has 1 atom stereocenters. The molecule has 0 amide bonds. The summed E-state index contributed by atoms with van der Waals surface area (Å²) in [7, 11) is -0.362. The fourth-order valence-corrected chi connectivity index (χ4v) is 4.23. The molecule has 0 saturated heterocycles. The monoisotopic (exact) mass is 313 g/mol. The predicted molar refractivity (Wildman–Crippen MR) is 84.1 cm³/mol. The highest BCUT2D eigenvalue weighted by Crippen LogP contribution is 2.32. The zero-order chi connectivity index (χ0) is 14.8. The van der Waals surface area contributed by atoms with Crippen molar-refractivity contribution >= 4 is 27.1 Å². The number of hydrogen-bond acceptors (Lipinski definition) is 4. The topological polar surface area (TPSA) is 53.0 Å². The molecular weight excluding hydrogens is 294 g/mol. The highest BCUT2D eigenvalue weighted by Gasteiger charge is 2.32. The average Bonchev–Trinajstić information content (AvgIpc) is 2.88. The van der Waals surface area contributed by atoms with E-state index < -0.39 is 10.2 Å². The lowest BCUT2D eigenvalue weighted by atomic mass is 10.2. The molecule has 20 heavy (non-hydrogen) atoms. The van der Waals surface area contributed by atoms with Gasteiger partial charge in [0, 0.05) is 19.3 Å². The SMILES string of the molecule is CC(SC1=NCCN1S(=O)(=O)N(C)C)c1ccccc1. The zero-order valence-corrected chi connectivity index (χ0v) is 13.5. The molecule has 5 nitrogen and oxygen atoms in total. The van der Waals surface area contributed by atoms with Crippen LogP contribution in [0.1, 0.15) is 17.7 Å². The van der Waals surface area contributed by atoms with E-state index in [0.717, 1.165) is 5.56 Å². The van der Waals surface area contributed by atoms with Gasteiger partial charge in [0.05, 0.1) is 13.1 Å². The first kappa shape index (κ1) is 15.3. The number of benzene rings is 1. The summed E-state index contributed by atoms with van der Waals surface area (Å²) in [5.74, 6) is 0. The van der Waals surface area contributed by atoms with E-state index in [1.165, 1.54) is 34.5 Å². The maximum Gasteiger partial charge on any atom is 0.305 e. The molecule has 1 aromatic carbocycles. The first-order chi connectivity index (χ1) is 9.43. The van der Waals surface area contributed by atoms with E-state index in [0.29, 0.717) is 18.3 Å². The second-order valence-electron chi connectivity index (χ2n) is 4.70. The lowest BCUT2D eigenvalue weighted by molar-refractivity contribution is 0.468. The Kier molecular flexibility index (Phi) is 4.72. The summed E-state index contributed by atoms with van der Waals surface area (Å²) < 4.78 is 27.0. The number of amidine groups is 1. The summed E-state index contributed by atoms with van der Waals surface area (Å²) in [6.45, 7) is 3.00. The molecule has 110 valence electrons. The summed E-state index contributed by atoms with van der Waals surface area (Å²) in [6, 6.07) is 10.0. The Morgan fingerprint density at radius 2 is 1.95 bits per heavy atom. The first-order valence-corrected chi connectivity index (χ1v) is 8.67. The molecule has 1 heterocycles. The quantitative estimate of drug-likeness (QED) is 0.854. The lowest BCUT2D eigenvalue weighted by Crippen LogP contribution is -2.41. The molecule has 1 aromatic rings. The van der Waals surface area contributed by atoms with E-state index in [9.17, 15) is 8.42 Å². The molecule has 0 saturated carbocycles. The molecule has 0 fully saturated rings. The van der Waals surface area contributed by atoms with Crippen molar-refractivity contribution in [2.45, 2.75) is 12.2 Å². The van der Waals surface area contributed by atoms with Crippen LogP contribution in [0.5, 0.6) is 0 Å². The fourth-order valence-electron chi connectivity index (χ4n) is 1.87. The Morgan fingerprint density at radius 3 is 2.55 bits per heavy atom. The summed E-state index contributed by atoms with van der Waals surface area (Å²) in [4.78, 5) is 4.33. The van der Waals surface area contributed by atoms with E-state index >= 15 is 0 Å². The zero-order valence-electron chi connectivity index (χ0n) is 11.9. The molecule has 1 aliphatic rings. The van der Waals surface area contributed by atoms with Crippen LogP contribution >= 0.6 is 11.8 Å². The second-order valence-corrected chi connectivity index (χ2v) is 8.07. The molecule has 2 rings (SSSR count). The summed E-state index contributed by atoms with van der Waals surface area (Å²) in [5, 5.41) is 0.739. The molecule has 0 bridgehead atoms. The van der Waals surface area contributed by atoms with Gasteiger partial charge >= 0.3 is 10.2 Å². The maximum atomic E-state index is 12.2. The Labute approximate surface area is 124 Å². The van der Waals surface area contributed by atoms with E-state index in [1.54, 1.807) is 0 Å². The summed E-state index contributed by atoms with van der Waals surface area (Å²) in [5.41, 5.74) is 1.16. The van der Waals surface area contributed by atoms with Gasteiger partial charge in [0.2, 0.25) is 0 Å². The van der Waals surface area contributed by atoms with Crippen LogP contribution in [-0.2, 0) is 10.2 Å². The van der Waals surface area contributed by atoms with Gasteiger partial charge in [-0.05, 0) is 12.5 Å². The largest absolute Gasteiger partial charge is 0.305 e. The highest BCUT2D eigenvalue weighted by atomic mass is 32.2. The van der Waals surface area contributed by atoms with Gasteiger partial charge in [0.25, 0.3) is 0 Å². The Balaban J connectivity index is 2.13. The smallest absolute Gasteiger partial charge is 0.260 e. The minimum atomic E-state index is -3.44. The van der Waals surface area contributed by atoms with Crippen molar-refractivity contribution < 1.29 is 8.42 Å². The van der Waals surface area contributed by atoms with Gasteiger partial charge in [-0.25, -0.2) is 4.31 Å². The second kappa shape index (κ2) is 6.15. The van der Waals surface area contributed by atoms with Gasteiger partial charge in [-0.3, -0.25) is 4.99 Å². The maximum absolute atomic E-state index is 12.2. The molecule has 0 N–H and O–H groups in total. The highest BCUT2D eigenvalue weighted by molar-refractivity contribution is 8.14. The van der Waals surface area contributed by atoms with Crippen LogP contribution in [0.15, 0.2) is 35.3 Å². The Hall–Kier alpha value is -1.05. The van der Waals surface area contributed by atoms with Crippen molar-refractivity contribution in [3.8, 4) is 0 Å². The van der Waals surface area contributed by atoms with E-state index in [-0.39, 0.29) is 5.25 Å². The van der Waals surface area contributed by atoms with Crippen LogP contribution in [-0.4, -0.2) is 49.4 Å². The standard InChI is InChI=1S/C13H19N3O2S2/c1-11(12-7-5-4-6-8-12)19-13-14-9-10-16(13)20(17,18)15(2)3/h4-8,11H,9-10H2,1-3H3. The van der Waals surface area contributed by atoms with Crippen molar-refractivity contribution in [2.24, 2.45) is 4.99 Å². The molecule has 0 radical (unpaired) electrons. The van der Waals surface area contributed by atoms with E-state index in [1.807, 2.05) is 30.3 Å². The van der Waals surface area contributed by atoms with Gasteiger partial charge in [-0.15, -0.1) is 0 Å². The predicted octanol–water partition coefficient (Wildman–Crippen LogP) is 1.96. The van der Waals surface area contributed by atoms with E-state index in [4.69, 9.17) is 0 Å². The molecule has 7 heteroatoms. The van der Waals surface area contributed by atoms with Crippen LogP contribution in [0.25, 0.3) is 0 Å². The number of aliphatic imine (C=N–C) groups is 1. The van der Waals surface area contributed by atoms with Gasteiger partial charge < -0.3 is 0 Å². The molecule has 1 unspecified atom stereocenters. The minimum absolute atomic E-state index is 0.160. The lowest BCUT2D eigenvalue weighted by Gasteiger charge is -2.24. The van der Waals surface area contributed by atoms with Crippen LogP contribution in [0.4, 0.5) is 0 Å². The minimum Gasteiger partial charge on any atom is -0.260 e. The number of thioether (sulfide) groups is 1. The molecule has 0 spiro atoms. The van der Waals surface area contributed by atoms with Crippen molar-refractivity contribution in [1.29, 1.82) is 0 Å². The van der Waals surface area contributed by atoms with Gasteiger partial charge in [-0.2, -0.15) is 12.7 Å². The van der Waals surface area contributed by atoms with Crippen LogP contribution < -0.4 is 0 Å². The van der Waals surface area contributed by atoms with Crippen LogP contribution in [0, 0.1) is 0 Å². The Bertz CT molecular complexity index is 585.